The summed E-state index contributed by atoms with van der Waals surface area (Å²) in [5.74, 6) is 0.205. The van der Waals surface area contributed by atoms with Crippen molar-refractivity contribution in [3.8, 4) is 5.75 Å². The van der Waals surface area contributed by atoms with Crippen LogP contribution in [0, 0.1) is 0 Å². The standard InChI is InChI=1S/C19H23F3N4O2/c1-18(2,3)25-17(27)13-10-23-26-15(19(20,21)22)9-14(24-16(13)26)11-5-7-12(28-4)8-6-11/h5-8,10,14-15,24H,9H2,1-4H3,(H,25,27). The summed E-state index contributed by atoms with van der Waals surface area (Å²) in [5.41, 5.74) is 0.228. The average molecular weight is 396 g/mol. The van der Waals surface area contributed by atoms with E-state index in [0.717, 1.165) is 4.68 Å². The van der Waals surface area contributed by atoms with Gasteiger partial charge in [-0.2, -0.15) is 18.3 Å². The van der Waals surface area contributed by atoms with Crippen LogP contribution < -0.4 is 15.4 Å². The molecule has 0 bridgehead atoms. The van der Waals surface area contributed by atoms with Gasteiger partial charge in [0.1, 0.15) is 17.1 Å². The lowest BCUT2D eigenvalue weighted by Crippen LogP contribution is -2.41. The van der Waals surface area contributed by atoms with Crippen molar-refractivity contribution in [3.63, 3.8) is 0 Å². The number of methoxy groups -OCH3 is 1. The summed E-state index contributed by atoms with van der Waals surface area (Å²) in [5, 5.41) is 9.70. The highest BCUT2D eigenvalue weighted by molar-refractivity contribution is 5.99. The summed E-state index contributed by atoms with van der Waals surface area (Å²) in [7, 11) is 1.52. The zero-order valence-electron chi connectivity index (χ0n) is 16.1. The molecule has 152 valence electrons. The summed E-state index contributed by atoms with van der Waals surface area (Å²) in [4.78, 5) is 12.6. The van der Waals surface area contributed by atoms with Crippen LogP contribution in [-0.2, 0) is 0 Å². The van der Waals surface area contributed by atoms with Gasteiger partial charge < -0.3 is 15.4 Å². The first kappa shape index (κ1) is 20.0. The van der Waals surface area contributed by atoms with E-state index in [1.54, 1.807) is 45.0 Å². The quantitative estimate of drug-likeness (QED) is 0.820. The molecule has 1 aromatic carbocycles. The van der Waals surface area contributed by atoms with Gasteiger partial charge in [0.15, 0.2) is 6.04 Å². The topological polar surface area (TPSA) is 68.2 Å². The highest BCUT2D eigenvalue weighted by Gasteiger charge is 2.47. The van der Waals surface area contributed by atoms with Crippen LogP contribution >= 0.6 is 0 Å². The summed E-state index contributed by atoms with van der Waals surface area (Å²) in [6, 6.07) is 4.36. The van der Waals surface area contributed by atoms with Gasteiger partial charge in [0.25, 0.3) is 5.91 Å². The minimum Gasteiger partial charge on any atom is -0.497 e. The smallest absolute Gasteiger partial charge is 0.410 e. The maximum Gasteiger partial charge on any atom is 0.410 e. The molecule has 0 aliphatic carbocycles. The minimum atomic E-state index is -4.49. The number of hydrogen-bond donors (Lipinski definition) is 2. The summed E-state index contributed by atoms with van der Waals surface area (Å²) < 4.78 is 47.1. The van der Waals surface area contributed by atoms with Crippen LogP contribution in [0.25, 0.3) is 0 Å². The molecule has 1 aliphatic rings. The third kappa shape index (κ3) is 4.07. The number of alkyl halides is 3. The average Bonchev–Trinajstić information content (AvgIpc) is 3.02. The maximum atomic E-state index is 13.7. The van der Waals surface area contributed by atoms with Crippen LogP contribution in [0.3, 0.4) is 0 Å². The molecule has 9 heteroatoms. The van der Waals surface area contributed by atoms with Crippen LogP contribution in [0.4, 0.5) is 19.0 Å². The number of rotatable bonds is 3. The molecule has 0 saturated heterocycles. The van der Waals surface area contributed by atoms with Crippen molar-refractivity contribution in [1.29, 1.82) is 0 Å². The molecule has 2 heterocycles. The van der Waals surface area contributed by atoms with E-state index in [1.807, 2.05) is 0 Å². The SMILES string of the molecule is COc1ccc(C2CC(C(F)(F)F)n3ncc(C(=O)NC(C)(C)C)c3N2)cc1. The number of hydrogen-bond acceptors (Lipinski definition) is 4. The van der Waals surface area contributed by atoms with E-state index >= 15 is 0 Å². The Morgan fingerprint density at radius 1 is 1.25 bits per heavy atom. The Labute approximate surface area is 161 Å². The van der Waals surface area contributed by atoms with E-state index in [-0.39, 0.29) is 17.8 Å². The Hall–Kier alpha value is -2.71. The Bertz CT molecular complexity index is 854. The van der Waals surface area contributed by atoms with Gasteiger partial charge in [0.05, 0.1) is 19.3 Å². The number of halogens is 3. The van der Waals surface area contributed by atoms with Crippen LogP contribution in [0.1, 0.15) is 55.2 Å². The summed E-state index contributed by atoms with van der Waals surface area (Å²) in [6.07, 6.45) is -3.55. The number of carbonyl (C=O) groups is 1. The number of nitrogens with zero attached hydrogens (tertiary/aromatic N) is 2. The number of aromatic nitrogens is 2. The molecular weight excluding hydrogens is 373 g/mol. The molecule has 28 heavy (non-hydrogen) atoms. The van der Waals surface area contributed by atoms with Crippen molar-refractivity contribution in [2.45, 2.75) is 51.0 Å². The number of nitrogens with one attached hydrogen (secondary N) is 2. The monoisotopic (exact) mass is 396 g/mol. The van der Waals surface area contributed by atoms with Crippen LogP contribution in [0.2, 0.25) is 0 Å². The van der Waals surface area contributed by atoms with Crippen molar-refractivity contribution >= 4 is 11.7 Å². The van der Waals surface area contributed by atoms with Crippen molar-refractivity contribution in [2.24, 2.45) is 0 Å². The molecule has 3 rings (SSSR count). The summed E-state index contributed by atoms with van der Waals surface area (Å²) in [6.45, 7) is 5.40. The second kappa shape index (κ2) is 7.03. The first-order valence-corrected chi connectivity index (χ1v) is 8.87. The number of amides is 1. The maximum absolute atomic E-state index is 13.7. The lowest BCUT2D eigenvalue weighted by atomic mass is 9.96. The van der Waals surface area contributed by atoms with Crippen LogP contribution in [0.15, 0.2) is 30.5 Å². The molecule has 2 atom stereocenters. The highest BCUT2D eigenvalue weighted by atomic mass is 19.4. The number of benzene rings is 1. The fraction of sp³-hybridized carbons (Fsp3) is 0.474. The molecule has 2 aromatic rings. The first-order chi connectivity index (χ1) is 13.0. The molecule has 1 aromatic heterocycles. The molecule has 1 aliphatic heterocycles. The molecule has 2 unspecified atom stereocenters. The van der Waals surface area contributed by atoms with Crippen molar-refractivity contribution in [2.75, 3.05) is 12.4 Å². The fourth-order valence-corrected chi connectivity index (χ4v) is 3.19. The number of carbonyl (C=O) groups excluding carboxylic acids is 1. The highest BCUT2D eigenvalue weighted by Crippen LogP contribution is 2.44. The van der Waals surface area contributed by atoms with Gasteiger partial charge in [-0.3, -0.25) is 4.79 Å². The molecule has 0 fully saturated rings. The van der Waals surface area contributed by atoms with E-state index < -0.39 is 29.7 Å². The molecule has 0 spiro atoms. The third-order valence-electron chi connectivity index (χ3n) is 4.49. The molecule has 0 saturated carbocycles. The van der Waals surface area contributed by atoms with E-state index in [9.17, 15) is 18.0 Å². The molecular formula is C19H23F3N4O2. The molecule has 0 radical (unpaired) electrons. The van der Waals surface area contributed by atoms with Gasteiger partial charge in [0, 0.05) is 12.0 Å². The summed E-state index contributed by atoms with van der Waals surface area (Å²) >= 11 is 0. The molecule has 6 nitrogen and oxygen atoms in total. The zero-order valence-corrected chi connectivity index (χ0v) is 16.1. The van der Waals surface area contributed by atoms with Gasteiger partial charge >= 0.3 is 6.18 Å². The van der Waals surface area contributed by atoms with Crippen LogP contribution in [-0.4, -0.2) is 34.5 Å². The van der Waals surface area contributed by atoms with E-state index in [0.29, 0.717) is 11.3 Å². The van der Waals surface area contributed by atoms with E-state index in [4.69, 9.17) is 4.74 Å². The third-order valence-corrected chi connectivity index (χ3v) is 4.49. The van der Waals surface area contributed by atoms with Gasteiger partial charge in [-0.1, -0.05) is 12.1 Å². The lowest BCUT2D eigenvalue weighted by molar-refractivity contribution is -0.173. The number of ether oxygens (including phenoxy) is 1. The Morgan fingerprint density at radius 3 is 2.43 bits per heavy atom. The van der Waals surface area contributed by atoms with Crippen LogP contribution in [0.5, 0.6) is 5.75 Å². The number of fused-ring (bicyclic) bond motifs is 1. The Morgan fingerprint density at radius 2 is 1.89 bits per heavy atom. The largest absolute Gasteiger partial charge is 0.497 e. The van der Waals surface area contributed by atoms with Gasteiger partial charge in [-0.15, -0.1) is 0 Å². The Balaban J connectivity index is 1.99. The molecule has 1 amide bonds. The van der Waals surface area contributed by atoms with E-state index in [2.05, 4.69) is 15.7 Å². The van der Waals surface area contributed by atoms with Gasteiger partial charge in [-0.25, -0.2) is 4.68 Å². The van der Waals surface area contributed by atoms with Crippen molar-refractivity contribution in [3.05, 3.63) is 41.6 Å². The fourth-order valence-electron chi connectivity index (χ4n) is 3.19. The molecule has 2 N–H and O–H groups in total. The van der Waals surface area contributed by atoms with Gasteiger partial charge in [0.2, 0.25) is 0 Å². The predicted octanol–water partition coefficient (Wildman–Crippen LogP) is 4.08. The zero-order chi connectivity index (χ0) is 20.7. The predicted molar refractivity (Wildman–Crippen MR) is 98.5 cm³/mol. The minimum absolute atomic E-state index is 0.0659. The first-order valence-electron chi connectivity index (χ1n) is 8.87. The Kier molecular flexibility index (Phi) is 5.03. The number of anilines is 1. The second-order valence-electron chi connectivity index (χ2n) is 7.82. The lowest BCUT2D eigenvalue weighted by Gasteiger charge is -2.34. The van der Waals surface area contributed by atoms with E-state index in [1.165, 1.54) is 13.3 Å². The van der Waals surface area contributed by atoms with Gasteiger partial charge in [-0.05, 0) is 38.5 Å². The van der Waals surface area contributed by atoms with Crippen molar-refractivity contribution in [1.82, 2.24) is 15.1 Å². The van der Waals surface area contributed by atoms with Crippen molar-refractivity contribution < 1.29 is 22.7 Å². The normalized spacial score (nSPS) is 19.5. The second-order valence-corrected chi connectivity index (χ2v) is 7.82.